The highest BCUT2D eigenvalue weighted by Crippen LogP contribution is 2.45. The number of carboxylic acid groups (broad SMARTS) is 1. The molecule has 1 aliphatic rings. The lowest BCUT2D eigenvalue weighted by Gasteiger charge is -2.33. The van der Waals surface area contributed by atoms with Gasteiger partial charge in [-0.05, 0) is 26.0 Å². The Morgan fingerprint density at radius 3 is 2.74 bits per heavy atom. The van der Waals surface area contributed by atoms with Gasteiger partial charge in [-0.2, -0.15) is 5.10 Å². The first kappa shape index (κ1) is 11.8. The van der Waals surface area contributed by atoms with Crippen molar-refractivity contribution in [2.75, 3.05) is 0 Å². The standard InChI is InChI=1S/C14H14N2O3/c1-14(2)10-11(13(17)18)15-16(3)12(10)8-6-4-5-7-9(8)19-14/h4-7H,1-3H3,(H,17,18). The van der Waals surface area contributed by atoms with Gasteiger partial charge in [0.05, 0.1) is 11.3 Å². The summed E-state index contributed by atoms with van der Waals surface area (Å²) in [5.41, 5.74) is 1.65. The van der Waals surface area contributed by atoms with E-state index < -0.39 is 11.6 Å². The highest BCUT2D eigenvalue weighted by molar-refractivity contribution is 5.91. The van der Waals surface area contributed by atoms with Crippen molar-refractivity contribution in [3.63, 3.8) is 0 Å². The number of fused-ring (bicyclic) bond motifs is 3. The summed E-state index contributed by atoms with van der Waals surface area (Å²) in [5.74, 6) is -0.284. The summed E-state index contributed by atoms with van der Waals surface area (Å²) >= 11 is 0. The smallest absolute Gasteiger partial charge is 0.356 e. The molecule has 0 bridgehead atoms. The molecule has 2 heterocycles. The van der Waals surface area contributed by atoms with Gasteiger partial charge < -0.3 is 9.84 Å². The lowest BCUT2D eigenvalue weighted by Crippen LogP contribution is -2.30. The van der Waals surface area contributed by atoms with Gasteiger partial charge in [-0.15, -0.1) is 0 Å². The van der Waals surface area contributed by atoms with E-state index in [0.717, 1.165) is 17.0 Å². The fraction of sp³-hybridized carbons (Fsp3) is 0.286. The molecule has 5 heteroatoms. The van der Waals surface area contributed by atoms with Crippen molar-refractivity contribution in [3.05, 3.63) is 35.5 Å². The van der Waals surface area contributed by atoms with Gasteiger partial charge in [-0.1, -0.05) is 12.1 Å². The topological polar surface area (TPSA) is 64.4 Å². The maximum absolute atomic E-state index is 11.4. The summed E-state index contributed by atoms with van der Waals surface area (Å²) in [4.78, 5) is 11.4. The van der Waals surface area contributed by atoms with Gasteiger partial charge >= 0.3 is 5.97 Å². The van der Waals surface area contributed by atoms with Crippen LogP contribution in [0.15, 0.2) is 24.3 Å². The zero-order chi connectivity index (χ0) is 13.8. The summed E-state index contributed by atoms with van der Waals surface area (Å²) in [6.45, 7) is 3.71. The number of para-hydroxylation sites is 1. The average Bonchev–Trinajstić information content (AvgIpc) is 2.68. The second-order valence-electron chi connectivity index (χ2n) is 5.11. The number of rotatable bonds is 1. The third-order valence-corrected chi connectivity index (χ3v) is 3.36. The number of carbonyl (C=O) groups is 1. The summed E-state index contributed by atoms with van der Waals surface area (Å²) in [6.07, 6.45) is 0. The Balaban J connectivity index is 2.40. The number of aromatic carboxylic acids is 1. The molecule has 19 heavy (non-hydrogen) atoms. The van der Waals surface area contributed by atoms with E-state index in [1.54, 1.807) is 11.7 Å². The number of hydrogen-bond donors (Lipinski definition) is 1. The van der Waals surface area contributed by atoms with Crippen LogP contribution in [0.2, 0.25) is 0 Å². The molecule has 1 aliphatic heterocycles. The highest BCUT2D eigenvalue weighted by atomic mass is 16.5. The summed E-state index contributed by atoms with van der Waals surface area (Å²) in [6, 6.07) is 7.59. The molecule has 0 atom stereocenters. The Labute approximate surface area is 110 Å². The van der Waals surface area contributed by atoms with E-state index in [1.165, 1.54) is 0 Å². The highest BCUT2D eigenvalue weighted by Gasteiger charge is 2.40. The summed E-state index contributed by atoms with van der Waals surface area (Å²) in [5, 5.41) is 13.4. The normalized spacial score (nSPS) is 15.3. The maximum atomic E-state index is 11.4. The average molecular weight is 258 g/mol. The van der Waals surface area contributed by atoms with Crippen molar-refractivity contribution in [2.45, 2.75) is 19.4 Å². The fourth-order valence-electron chi connectivity index (χ4n) is 2.63. The monoisotopic (exact) mass is 258 g/mol. The number of ether oxygens (including phenoxy) is 1. The molecule has 3 rings (SSSR count). The third-order valence-electron chi connectivity index (χ3n) is 3.36. The van der Waals surface area contributed by atoms with Crippen LogP contribution in [0.5, 0.6) is 5.75 Å². The molecule has 1 aromatic heterocycles. The molecule has 0 aliphatic carbocycles. The minimum Gasteiger partial charge on any atom is -0.482 e. The van der Waals surface area contributed by atoms with E-state index in [2.05, 4.69) is 5.10 Å². The fourth-order valence-corrected chi connectivity index (χ4v) is 2.63. The van der Waals surface area contributed by atoms with E-state index >= 15 is 0 Å². The van der Waals surface area contributed by atoms with E-state index in [1.807, 2.05) is 38.1 Å². The Morgan fingerprint density at radius 1 is 1.37 bits per heavy atom. The van der Waals surface area contributed by atoms with Gasteiger partial charge in [-0.25, -0.2) is 4.79 Å². The predicted molar refractivity (Wildman–Crippen MR) is 69.3 cm³/mol. The van der Waals surface area contributed by atoms with Crippen molar-refractivity contribution in [1.82, 2.24) is 9.78 Å². The van der Waals surface area contributed by atoms with Crippen molar-refractivity contribution < 1.29 is 14.6 Å². The van der Waals surface area contributed by atoms with E-state index in [0.29, 0.717) is 5.56 Å². The molecule has 0 spiro atoms. The molecule has 0 unspecified atom stereocenters. The van der Waals surface area contributed by atoms with Crippen LogP contribution in [0.4, 0.5) is 0 Å². The van der Waals surface area contributed by atoms with Crippen LogP contribution in [0.3, 0.4) is 0 Å². The minimum atomic E-state index is -1.03. The summed E-state index contributed by atoms with van der Waals surface area (Å²) < 4.78 is 7.55. The van der Waals surface area contributed by atoms with Gasteiger partial charge in [0.1, 0.15) is 11.4 Å². The molecule has 1 N–H and O–H groups in total. The number of aromatic nitrogens is 2. The van der Waals surface area contributed by atoms with Gasteiger partial charge in [0.25, 0.3) is 0 Å². The first-order valence-electron chi connectivity index (χ1n) is 6.01. The lowest BCUT2D eigenvalue weighted by atomic mass is 9.89. The van der Waals surface area contributed by atoms with Crippen LogP contribution >= 0.6 is 0 Å². The number of aryl methyl sites for hydroxylation is 1. The van der Waals surface area contributed by atoms with E-state index in [4.69, 9.17) is 4.74 Å². The summed E-state index contributed by atoms with van der Waals surface area (Å²) in [7, 11) is 1.75. The number of hydrogen-bond acceptors (Lipinski definition) is 3. The molecule has 1 aromatic carbocycles. The SMILES string of the molecule is Cn1nc(C(=O)O)c2c1-c1ccccc1OC2(C)C. The van der Waals surface area contributed by atoms with Gasteiger partial charge in [0.15, 0.2) is 5.69 Å². The van der Waals surface area contributed by atoms with Gasteiger partial charge in [0.2, 0.25) is 0 Å². The molecule has 0 radical (unpaired) electrons. The van der Waals surface area contributed by atoms with Crippen LogP contribution < -0.4 is 4.74 Å². The minimum absolute atomic E-state index is 0.0528. The maximum Gasteiger partial charge on any atom is 0.356 e. The van der Waals surface area contributed by atoms with Crippen LogP contribution in [-0.2, 0) is 12.6 Å². The number of carboxylic acids is 1. The molecule has 0 fully saturated rings. The molecule has 98 valence electrons. The largest absolute Gasteiger partial charge is 0.482 e. The second-order valence-corrected chi connectivity index (χ2v) is 5.11. The van der Waals surface area contributed by atoms with Crippen LogP contribution in [0, 0.1) is 0 Å². The van der Waals surface area contributed by atoms with Crippen LogP contribution in [-0.4, -0.2) is 20.9 Å². The molecule has 0 amide bonds. The van der Waals surface area contributed by atoms with Crippen molar-refractivity contribution >= 4 is 5.97 Å². The number of nitrogens with zero attached hydrogens (tertiary/aromatic N) is 2. The van der Waals surface area contributed by atoms with E-state index in [9.17, 15) is 9.90 Å². The Kier molecular flexibility index (Phi) is 2.23. The van der Waals surface area contributed by atoms with Crippen LogP contribution in [0.25, 0.3) is 11.3 Å². The van der Waals surface area contributed by atoms with Gasteiger partial charge in [-0.3, -0.25) is 4.68 Å². The second kappa shape index (κ2) is 3.60. The quantitative estimate of drug-likeness (QED) is 0.853. The van der Waals surface area contributed by atoms with Crippen LogP contribution in [0.1, 0.15) is 29.9 Å². The molecular weight excluding hydrogens is 244 g/mol. The van der Waals surface area contributed by atoms with Gasteiger partial charge in [0, 0.05) is 12.6 Å². The Hall–Kier alpha value is -2.30. The first-order chi connectivity index (χ1) is 8.92. The van der Waals surface area contributed by atoms with Crippen molar-refractivity contribution in [1.29, 1.82) is 0 Å². The van der Waals surface area contributed by atoms with Crippen molar-refractivity contribution in [2.24, 2.45) is 7.05 Å². The first-order valence-corrected chi connectivity index (χ1v) is 6.01. The lowest BCUT2D eigenvalue weighted by molar-refractivity contribution is 0.0664. The molecule has 2 aromatic rings. The Morgan fingerprint density at radius 2 is 2.05 bits per heavy atom. The molecule has 0 saturated carbocycles. The zero-order valence-corrected chi connectivity index (χ0v) is 11.0. The molecular formula is C14H14N2O3. The predicted octanol–water partition coefficient (Wildman–Crippen LogP) is 2.41. The third kappa shape index (κ3) is 1.54. The molecule has 5 nitrogen and oxygen atoms in total. The number of benzene rings is 1. The Bertz CT molecular complexity index is 686. The van der Waals surface area contributed by atoms with E-state index in [-0.39, 0.29) is 5.69 Å². The molecule has 0 saturated heterocycles. The zero-order valence-electron chi connectivity index (χ0n) is 11.0. The van der Waals surface area contributed by atoms with Crippen molar-refractivity contribution in [3.8, 4) is 17.0 Å².